The molecule has 0 fully saturated rings. The molecule has 3 aromatic rings. The first-order chi connectivity index (χ1) is 9.99. The van der Waals surface area contributed by atoms with Gasteiger partial charge in [0.2, 0.25) is 0 Å². The number of halogens is 3. The highest BCUT2D eigenvalue weighted by molar-refractivity contribution is 9.10. The molecule has 21 heavy (non-hydrogen) atoms. The van der Waals surface area contributed by atoms with Gasteiger partial charge in [0.15, 0.2) is 5.82 Å². The summed E-state index contributed by atoms with van der Waals surface area (Å²) in [6.45, 7) is 3.96. The van der Waals surface area contributed by atoms with E-state index in [0.717, 1.165) is 32.1 Å². The van der Waals surface area contributed by atoms with Crippen molar-refractivity contribution in [3.63, 3.8) is 0 Å². The van der Waals surface area contributed by atoms with E-state index in [1.807, 2.05) is 44.2 Å². The summed E-state index contributed by atoms with van der Waals surface area (Å²) in [5.74, 6) is 0.591. The zero-order chi connectivity index (χ0) is 15.1. The Morgan fingerprint density at radius 1 is 0.952 bits per heavy atom. The minimum absolute atomic E-state index is 0.449. The van der Waals surface area contributed by atoms with Gasteiger partial charge in [0.05, 0.1) is 5.52 Å². The molecule has 0 saturated heterocycles. The molecule has 106 valence electrons. The zero-order valence-corrected chi connectivity index (χ0v) is 14.5. The van der Waals surface area contributed by atoms with Gasteiger partial charge in [-0.25, -0.2) is 9.97 Å². The Morgan fingerprint density at radius 2 is 1.71 bits per heavy atom. The highest BCUT2D eigenvalue weighted by Crippen LogP contribution is 2.32. The van der Waals surface area contributed by atoms with Gasteiger partial charge in [-0.05, 0) is 43.2 Å². The molecule has 1 heterocycles. The topological polar surface area (TPSA) is 25.8 Å². The number of fused-ring (bicyclic) bond motifs is 1. The summed E-state index contributed by atoms with van der Waals surface area (Å²) in [7, 11) is 0. The van der Waals surface area contributed by atoms with Crippen LogP contribution >= 0.6 is 39.1 Å². The van der Waals surface area contributed by atoms with E-state index in [-0.39, 0.29) is 0 Å². The lowest BCUT2D eigenvalue weighted by molar-refractivity contribution is 1.20. The van der Waals surface area contributed by atoms with Crippen LogP contribution in [0.4, 0.5) is 0 Å². The summed E-state index contributed by atoms with van der Waals surface area (Å²) >= 11 is 16.0. The second-order valence-corrected chi connectivity index (χ2v) is 6.44. The molecule has 0 amide bonds. The van der Waals surface area contributed by atoms with Crippen molar-refractivity contribution in [2.24, 2.45) is 0 Å². The van der Waals surface area contributed by atoms with Crippen LogP contribution in [0.15, 0.2) is 34.8 Å². The molecule has 5 heteroatoms. The van der Waals surface area contributed by atoms with Gasteiger partial charge in [-0.15, -0.1) is 0 Å². The molecule has 3 rings (SSSR count). The Hall–Kier alpha value is -1.16. The summed E-state index contributed by atoms with van der Waals surface area (Å²) in [5.41, 5.74) is 3.73. The van der Waals surface area contributed by atoms with Crippen molar-refractivity contribution in [1.29, 1.82) is 0 Å². The Bertz CT molecular complexity index is 863. The molecule has 0 aliphatic rings. The minimum Gasteiger partial charge on any atom is -0.228 e. The summed E-state index contributed by atoms with van der Waals surface area (Å²) in [5, 5.41) is 1.99. The summed E-state index contributed by atoms with van der Waals surface area (Å²) in [6.07, 6.45) is 0. The summed E-state index contributed by atoms with van der Waals surface area (Å²) in [6, 6.07) is 9.57. The molecule has 2 nitrogen and oxygen atoms in total. The number of rotatable bonds is 1. The second-order valence-electron chi connectivity index (χ2n) is 4.82. The van der Waals surface area contributed by atoms with E-state index in [0.29, 0.717) is 16.0 Å². The molecule has 1 aromatic heterocycles. The van der Waals surface area contributed by atoms with E-state index in [4.69, 9.17) is 23.2 Å². The van der Waals surface area contributed by atoms with Crippen molar-refractivity contribution in [3.05, 3.63) is 56.1 Å². The van der Waals surface area contributed by atoms with E-state index in [9.17, 15) is 0 Å². The van der Waals surface area contributed by atoms with Crippen LogP contribution < -0.4 is 0 Å². The Kier molecular flexibility index (Phi) is 3.91. The van der Waals surface area contributed by atoms with Gasteiger partial charge in [0.25, 0.3) is 0 Å². The lowest BCUT2D eigenvalue weighted by atomic mass is 10.1. The molecule has 0 aliphatic heterocycles. The Morgan fingerprint density at radius 3 is 2.48 bits per heavy atom. The van der Waals surface area contributed by atoms with Crippen LogP contribution in [0.5, 0.6) is 0 Å². The van der Waals surface area contributed by atoms with Gasteiger partial charge in [-0.1, -0.05) is 51.3 Å². The maximum atomic E-state index is 6.33. The number of hydrogen-bond acceptors (Lipinski definition) is 2. The molecule has 0 unspecified atom stereocenters. The third-order valence-electron chi connectivity index (χ3n) is 3.52. The smallest absolute Gasteiger partial charge is 0.161 e. The molecule has 0 radical (unpaired) electrons. The molecular weight excluding hydrogens is 371 g/mol. The molecule has 0 saturated carbocycles. The standard InChI is InChI=1S/C16H11BrCl2N2/c1-8-10(4-3-5-13(8)18)16-20-14-9(2)12(17)7-6-11(14)15(19)21-16/h3-7H,1-2H3. The lowest BCUT2D eigenvalue weighted by Crippen LogP contribution is -1.96. The predicted octanol–water partition coefficient (Wildman–Crippen LogP) is 5.98. The van der Waals surface area contributed by atoms with Crippen molar-refractivity contribution in [2.45, 2.75) is 13.8 Å². The van der Waals surface area contributed by atoms with Crippen LogP contribution in [-0.4, -0.2) is 9.97 Å². The highest BCUT2D eigenvalue weighted by atomic mass is 79.9. The maximum Gasteiger partial charge on any atom is 0.161 e. The molecule has 0 bridgehead atoms. The molecular formula is C16H11BrCl2N2. The van der Waals surface area contributed by atoms with Crippen molar-refractivity contribution < 1.29 is 0 Å². The summed E-state index contributed by atoms with van der Waals surface area (Å²) < 4.78 is 0.999. The van der Waals surface area contributed by atoms with Crippen LogP contribution in [0, 0.1) is 13.8 Å². The molecule has 0 atom stereocenters. The van der Waals surface area contributed by atoms with Gasteiger partial charge in [-0.3, -0.25) is 0 Å². The lowest BCUT2D eigenvalue weighted by Gasteiger charge is -2.10. The predicted molar refractivity (Wildman–Crippen MR) is 92.2 cm³/mol. The average Bonchev–Trinajstić information content (AvgIpc) is 2.46. The van der Waals surface area contributed by atoms with Crippen LogP contribution in [0.25, 0.3) is 22.3 Å². The van der Waals surface area contributed by atoms with Crippen molar-refractivity contribution >= 4 is 50.0 Å². The van der Waals surface area contributed by atoms with Crippen LogP contribution in [0.1, 0.15) is 11.1 Å². The second kappa shape index (κ2) is 5.56. The Balaban J connectivity index is 2.35. The SMILES string of the molecule is Cc1c(Cl)cccc1-c1nc(Cl)c2ccc(Br)c(C)c2n1. The molecule has 0 aliphatic carbocycles. The van der Waals surface area contributed by atoms with Crippen LogP contribution in [0.3, 0.4) is 0 Å². The monoisotopic (exact) mass is 380 g/mol. The number of aryl methyl sites for hydroxylation is 1. The first kappa shape index (κ1) is 14.8. The van der Waals surface area contributed by atoms with Crippen molar-refractivity contribution in [2.75, 3.05) is 0 Å². The number of hydrogen-bond donors (Lipinski definition) is 0. The van der Waals surface area contributed by atoms with Crippen LogP contribution in [0.2, 0.25) is 10.2 Å². The molecule has 2 aromatic carbocycles. The van der Waals surface area contributed by atoms with E-state index in [1.165, 1.54) is 0 Å². The third-order valence-corrected chi connectivity index (χ3v) is 5.07. The minimum atomic E-state index is 0.449. The largest absolute Gasteiger partial charge is 0.228 e. The quantitative estimate of drug-likeness (QED) is 0.484. The van der Waals surface area contributed by atoms with Gasteiger partial charge in [0, 0.05) is 20.4 Å². The summed E-state index contributed by atoms with van der Waals surface area (Å²) in [4.78, 5) is 9.11. The third kappa shape index (κ3) is 2.54. The number of aromatic nitrogens is 2. The fourth-order valence-electron chi connectivity index (χ4n) is 2.24. The zero-order valence-electron chi connectivity index (χ0n) is 11.4. The van der Waals surface area contributed by atoms with Crippen molar-refractivity contribution in [3.8, 4) is 11.4 Å². The van der Waals surface area contributed by atoms with E-state index in [2.05, 4.69) is 25.9 Å². The van der Waals surface area contributed by atoms with Gasteiger partial charge >= 0.3 is 0 Å². The fourth-order valence-corrected chi connectivity index (χ4v) is 2.97. The van der Waals surface area contributed by atoms with Crippen LogP contribution in [-0.2, 0) is 0 Å². The van der Waals surface area contributed by atoms with Gasteiger partial charge < -0.3 is 0 Å². The first-order valence-electron chi connectivity index (χ1n) is 6.37. The normalized spacial score (nSPS) is 11.1. The van der Waals surface area contributed by atoms with E-state index < -0.39 is 0 Å². The number of nitrogens with zero attached hydrogens (tertiary/aromatic N) is 2. The maximum absolute atomic E-state index is 6.33. The highest BCUT2D eigenvalue weighted by Gasteiger charge is 2.13. The number of benzene rings is 2. The Labute approximate surface area is 141 Å². The van der Waals surface area contributed by atoms with E-state index in [1.54, 1.807) is 0 Å². The molecule has 0 spiro atoms. The van der Waals surface area contributed by atoms with E-state index >= 15 is 0 Å². The van der Waals surface area contributed by atoms with Gasteiger partial charge in [-0.2, -0.15) is 0 Å². The fraction of sp³-hybridized carbons (Fsp3) is 0.125. The van der Waals surface area contributed by atoms with Crippen molar-refractivity contribution in [1.82, 2.24) is 9.97 Å². The average molecular weight is 382 g/mol. The molecule has 0 N–H and O–H groups in total. The van der Waals surface area contributed by atoms with Gasteiger partial charge in [0.1, 0.15) is 5.15 Å². The first-order valence-corrected chi connectivity index (χ1v) is 7.92.